The van der Waals surface area contributed by atoms with Gasteiger partial charge in [0.05, 0.1) is 44.1 Å². The summed E-state index contributed by atoms with van der Waals surface area (Å²) in [4.78, 5) is 65.4. The minimum absolute atomic E-state index is 0.0754. The molecule has 0 atom stereocenters. The summed E-state index contributed by atoms with van der Waals surface area (Å²) in [6.45, 7) is 21.8. The van der Waals surface area contributed by atoms with Crippen LogP contribution in [0, 0.1) is 0 Å². The molecule has 4 aromatic carbocycles. The van der Waals surface area contributed by atoms with E-state index in [4.69, 9.17) is 34.9 Å². The largest absolute Gasteiger partial charge is 0.338 e. The number of imidazole rings is 4. The Balaban J connectivity index is 0.843. The molecule has 15 heteroatoms. The van der Waals surface area contributed by atoms with Crippen LogP contribution in [0.15, 0.2) is 127 Å². The molecular weight excluding hydrogens is 971 g/mol. The van der Waals surface area contributed by atoms with Crippen molar-refractivity contribution in [1.29, 1.82) is 0 Å². The van der Waals surface area contributed by atoms with Gasteiger partial charge in [0.1, 0.15) is 34.2 Å². The zero-order valence-electron chi connectivity index (χ0n) is 45.8. The van der Waals surface area contributed by atoms with Gasteiger partial charge in [-0.25, -0.2) is 34.9 Å². The van der Waals surface area contributed by atoms with Crippen LogP contribution in [0.4, 0.5) is 0 Å². The maximum absolute atomic E-state index is 13.2. The molecule has 2 amide bonds. The molecule has 0 fully saturated rings. The van der Waals surface area contributed by atoms with E-state index in [-0.39, 0.29) is 11.8 Å². The Morgan fingerprint density at radius 3 is 1.04 bits per heavy atom. The molecule has 15 nitrogen and oxygen atoms in total. The number of hydrogen-bond acceptors (Lipinski definition) is 9. The molecule has 11 aromatic rings. The Labute approximate surface area is 454 Å². The third-order valence-electron chi connectivity index (χ3n) is 15.0. The number of nitrogens with zero attached hydrogens (tertiary/aromatic N) is 13. The van der Waals surface area contributed by atoms with Crippen LogP contribution in [-0.4, -0.2) is 101 Å². The third kappa shape index (κ3) is 9.36. The van der Waals surface area contributed by atoms with E-state index in [9.17, 15) is 9.59 Å². The Morgan fingerprint density at radius 2 is 0.667 bits per heavy atom. The van der Waals surface area contributed by atoms with Gasteiger partial charge in [-0.3, -0.25) is 9.59 Å². The van der Waals surface area contributed by atoms with E-state index in [1.165, 1.54) is 0 Å². The maximum atomic E-state index is 13.2. The summed E-state index contributed by atoms with van der Waals surface area (Å²) < 4.78 is 8.84. The topological polar surface area (TPSA) is 151 Å². The standard InChI is InChI=1S/C63H65N13O2/c1-9-71(10-2)62(77)50-24-18-22-48(65-50)58-67-44-30-26-42(38-56(44)75(58)15-7)34-40-28-32-54-52(36-40)69-60(73(54)13-5)46-20-17-21-47(64-46)61-70-53-37-41(29-33-55(53)74(61)14-6)35-43-27-31-45-57(39-43)76(16-8)59(68-45)49-23-19-25-51(66-49)63(78)72(11-3)12-4/h17-33,36-39H,9-16,34-35H2,1-8H3. The summed E-state index contributed by atoms with van der Waals surface area (Å²) in [6.07, 6.45) is 1.44. The molecule has 0 unspecified atom stereocenters. The number of pyridine rings is 3. The van der Waals surface area contributed by atoms with Gasteiger partial charge < -0.3 is 28.1 Å². The lowest BCUT2D eigenvalue weighted by molar-refractivity contribution is 0.0759. The Kier molecular flexibility index (Phi) is 14.2. The molecule has 7 aromatic heterocycles. The number of fused-ring (bicyclic) bond motifs is 4. The van der Waals surface area contributed by atoms with Crippen LogP contribution in [0.1, 0.15) is 98.6 Å². The third-order valence-corrected chi connectivity index (χ3v) is 15.0. The van der Waals surface area contributed by atoms with Crippen LogP contribution in [-0.2, 0) is 39.0 Å². The highest BCUT2D eigenvalue weighted by Crippen LogP contribution is 2.32. The second-order valence-electron chi connectivity index (χ2n) is 19.5. The lowest BCUT2D eigenvalue weighted by atomic mass is 10.0. The number of rotatable bonds is 18. The van der Waals surface area contributed by atoms with E-state index in [1.54, 1.807) is 21.9 Å². The number of carbonyl (C=O) groups excluding carboxylic acids is 2. The summed E-state index contributed by atoms with van der Waals surface area (Å²) >= 11 is 0. The smallest absolute Gasteiger partial charge is 0.272 e. The Hall–Kier alpha value is -8.85. The van der Waals surface area contributed by atoms with Gasteiger partial charge in [0.2, 0.25) is 0 Å². The molecule has 7 heterocycles. The highest BCUT2D eigenvalue weighted by Gasteiger charge is 2.22. The van der Waals surface area contributed by atoms with Crippen molar-refractivity contribution < 1.29 is 9.59 Å². The van der Waals surface area contributed by atoms with E-state index in [2.05, 4.69) is 125 Å². The number of hydrogen-bond donors (Lipinski definition) is 0. The zero-order chi connectivity index (χ0) is 54.2. The van der Waals surface area contributed by atoms with E-state index in [0.29, 0.717) is 62.0 Å². The van der Waals surface area contributed by atoms with Crippen molar-refractivity contribution in [1.82, 2.24) is 63.0 Å². The summed E-state index contributed by atoms with van der Waals surface area (Å²) in [5.74, 6) is 2.97. The minimum atomic E-state index is -0.0754. The molecule has 0 N–H and O–H groups in total. The number of aromatic nitrogens is 11. The Morgan fingerprint density at radius 1 is 0.346 bits per heavy atom. The maximum Gasteiger partial charge on any atom is 0.272 e. The van der Waals surface area contributed by atoms with Crippen molar-refractivity contribution in [2.75, 3.05) is 26.2 Å². The van der Waals surface area contributed by atoms with Crippen molar-refractivity contribution in [3.05, 3.63) is 161 Å². The van der Waals surface area contributed by atoms with Gasteiger partial charge in [0.25, 0.3) is 11.8 Å². The average Bonchev–Trinajstić information content (AvgIpc) is 4.25. The van der Waals surface area contributed by atoms with Crippen LogP contribution < -0.4 is 0 Å². The summed E-state index contributed by atoms with van der Waals surface area (Å²) in [7, 11) is 0. The highest BCUT2D eigenvalue weighted by molar-refractivity contribution is 5.94. The summed E-state index contributed by atoms with van der Waals surface area (Å²) in [5, 5.41) is 0. The quantitative estimate of drug-likeness (QED) is 0.0818. The number of aryl methyl sites for hydroxylation is 4. The van der Waals surface area contributed by atoms with Gasteiger partial charge >= 0.3 is 0 Å². The Bertz CT molecular complexity index is 3800. The van der Waals surface area contributed by atoms with Crippen molar-refractivity contribution in [2.45, 2.75) is 94.4 Å². The molecule has 78 heavy (non-hydrogen) atoms. The number of benzene rings is 4. The van der Waals surface area contributed by atoms with Gasteiger partial charge in [-0.1, -0.05) is 42.5 Å². The van der Waals surface area contributed by atoms with Gasteiger partial charge in [-0.2, -0.15) is 0 Å². The summed E-state index contributed by atoms with van der Waals surface area (Å²) in [5.41, 5.74) is 16.2. The molecule has 0 aliphatic carbocycles. The predicted octanol–water partition coefficient (Wildman–Crippen LogP) is 12.2. The molecular formula is C63H65N13O2. The van der Waals surface area contributed by atoms with Gasteiger partial charge in [0.15, 0.2) is 23.3 Å². The number of amides is 2. The first-order valence-corrected chi connectivity index (χ1v) is 27.6. The van der Waals surface area contributed by atoms with E-state index in [0.717, 1.165) is 127 Å². The predicted molar refractivity (Wildman–Crippen MR) is 310 cm³/mol. The molecule has 11 rings (SSSR count). The van der Waals surface area contributed by atoms with Gasteiger partial charge in [-0.05, 0) is 175 Å². The average molecular weight is 1040 g/mol. The first-order chi connectivity index (χ1) is 38.1. The number of carbonyl (C=O) groups is 2. The molecule has 0 bridgehead atoms. The van der Waals surface area contributed by atoms with Gasteiger partial charge in [-0.15, -0.1) is 0 Å². The fraction of sp³-hybridized carbons (Fsp3) is 0.286. The van der Waals surface area contributed by atoms with E-state index in [1.807, 2.05) is 64.1 Å². The monoisotopic (exact) mass is 1040 g/mol. The molecule has 0 aliphatic rings. The lowest BCUT2D eigenvalue weighted by Gasteiger charge is -2.18. The van der Waals surface area contributed by atoms with Crippen LogP contribution in [0.25, 0.3) is 90.2 Å². The first-order valence-electron chi connectivity index (χ1n) is 27.6. The second-order valence-corrected chi connectivity index (χ2v) is 19.5. The van der Waals surface area contributed by atoms with Crippen LogP contribution in [0.3, 0.4) is 0 Å². The van der Waals surface area contributed by atoms with Crippen LogP contribution >= 0.6 is 0 Å². The van der Waals surface area contributed by atoms with Crippen molar-refractivity contribution in [2.24, 2.45) is 0 Å². The van der Waals surface area contributed by atoms with Crippen LogP contribution in [0.2, 0.25) is 0 Å². The normalized spacial score (nSPS) is 11.7. The molecule has 0 radical (unpaired) electrons. The van der Waals surface area contributed by atoms with Gasteiger partial charge in [0, 0.05) is 52.4 Å². The van der Waals surface area contributed by atoms with Crippen molar-refractivity contribution >= 4 is 55.9 Å². The van der Waals surface area contributed by atoms with E-state index < -0.39 is 0 Å². The summed E-state index contributed by atoms with van der Waals surface area (Å²) in [6, 6.07) is 43.4. The molecule has 0 saturated carbocycles. The minimum Gasteiger partial charge on any atom is -0.338 e. The fourth-order valence-electron chi connectivity index (χ4n) is 11.0. The van der Waals surface area contributed by atoms with Crippen molar-refractivity contribution in [3.63, 3.8) is 0 Å². The SMILES string of the molecule is CCN(CC)C(=O)c1cccc(-c2nc3ccc(Cc4ccc5c(c4)nc(-c4cccc(-c6nc7cc(Cc8ccc9nc(-c%10cccc(C(=O)N(CC)CC)n%10)n(CC)c9c8)ccc7n6CC)n4)n5CC)cc3n2CC)n1. The first kappa shape index (κ1) is 51.3. The molecule has 394 valence electrons. The van der Waals surface area contributed by atoms with E-state index >= 15 is 0 Å². The highest BCUT2D eigenvalue weighted by atomic mass is 16.2. The second kappa shape index (κ2) is 21.6. The van der Waals surface area contributed by atoms with Crippen LogP contribution in [0.5, 0.6) is 0 Å². The zero-order valence-corrected chi connectivity index (χ0v) is 45.8. The molecule has 0 saturated heterocycles. The molecule has 0 spiro atoms. The fourth-order valence-corrected chi connectivity index (χ4v) is 11.0. The lowest BCUT2D eigenvalue weighted by Crippen LogP contribution is -2.31. The molecule has 0 aliphatic heterocycles. The van der Waals surface area contributed by atoms with Crippen molar-refractivity contribution in [3.8, 4) is 46.1 Å².